The monoisotopic (exact) mass is 267 g/mol. The third-order valence-corrected chi connectivity index (χ3v) is 4.32. The number of aryl methyl sites for hydroxylation is 1. The lowest BCUT2D eigenvalue weighted by Crippen LogP contribution is -2.26. The summed E-state index contributed by atoms with van der Waals surface area (Å²) >= 11 is 0. The summed E-state index contributed by atoms with van der Waals surface area (Å²) in [7, 11) is 0. The fourth-order valence-electron chi connectivity index (χ4n) is 3.09. The smallest absolute Gasteiger partial charge is 0.120 e. The molecule has 0 saturated carbocycles. The van der Waals surface area contributed by atoms with Gasteiger partial charge in [-0.1, -0.05) is 42.5 Å². The van der Waals surface area contributed by atoms with Crippen molar-refractivity contribution in [2.45, 2.75) is 32.4 Å². The molecule has 0 saturated heterocycles. The molecule has 0 spiro atoms. The predicted molar refractivity (Wildman–Crippen MR) is 81.7 cm³/mol. The van der Waals surface area contributed by atoms with E-state index in [0.717, 1.165) is 25.1 Å². The molecule has 2 aromatic rings. The van der Waals surface area contributed by atoms with Crippen LogP contribution in [0.3, 0.4) is 0 Å². The number of aromatic hydroxyl groups is 1. The van der Waals surface area contributed by atoms with Gasteiger partial charge in [-0.25, -0.2) is 0 Å². The van der Waals surface area contributed by atoms with E-state index < -0.39 is 0 Å². The maximum Gasteiger partial charge on any atom is 0.120 e. The Morgan fingerprint density at radius 3 is 2.50 bits per heavy atom. The molecule has 2 nitrogen and oxygen atoms in total. The van der Waals surface area contributed by atoms with Gasteiger partial charge < -0.3 is 5.11 Å². The lowest BCUT2D eigenvalue weighted by molar-refractivity contribution is 0.201. The van der Waals surface area contributed by atoms with Crippen molar-refractivity contribution >= 4 is 0 Å². The maximum absolute atomic E-state index is 10.1. The quantitative estimate of drug-likeness (QED) is 0.892. The molecule has 2 heteroatoms. The molecule has 0 fully saturated rings. The Morgan fingerprint density at radius 1 is 1.00 bits per heavy atom. The van der Waals surface area contributed by atoms with Crippen LogP contribution in [0, 0.1) is 0 Å². The normalized spacial score (nSPS) is 17.2. The number of nitrogens with zero attached hydrogens (tertiary/aromatic N) is 1. The van der Waals surface area contributed by atoms with E-state index in [-0.39, 0.29) is 6.04 Å². The molecule has 2 aromatic carbocycles. The van der Waals surface area contributed by atoms with Crippen molar-refractivity contribution < 1.29 is 5.11 Å². The number of phenols is 1. The van der Waals surface area contributed by atoms with Crippen LogP contribution in [-0.4, -0.2) is 16.6 Å². The summed E-state index contributed by atoms with van der Waals surface area (Å²) in [5, 5.41) is 10.1. The second-order valence-corrected chi connectivity index (χ2v) is 5.58. The van der Waals surface area contributed by atoms with Crippen molar-refractivity contribution in [1.82, 2.24) is 4.90 Å². The number of rotatable bonds is 2. The minimum absolute atomic E-state index is 0.238. The Bertz CT molecular complexity index is 593. The Kier molecular flexibility index (Phi) is 3.75. The summed E-state index contributed by atoms with van der Waals surface area (Å²) < 4.78 is 0. The van der Waals surface area contributed by atoms with E-state index in [0.29, 0.717) is 5.75 Å². The molecular weight excluding hydrogens is 246 g/mol. The largest absolute Gasteiger partial charge is 0.508 e. The first-order valence-corrected chi connectivity index (χ1v) is 7.34. The average molecular weight is 267 g/mol. The van der Waals surface area contributed by atoms with Gasteiger partial charge in [0.05, 0.1) is 0 Å². The second-order valence-electron chi connectivity index (χ2n) is 5.58. The van der Waals surface area contributed by atoms with E-state index >= 15 is 0 Å². The molecule has 0 aliphatic carbocycles. The molecule has 104 valence electrons. The van der Waals surface area contributed by atoms with Gasteiger partial charge in [-0.2, -0.15) is 0 Å². The average Bonchev–Trinajstić information content (AvgIpc) is 2.69. The highest BCUT2D eigenvalue weighted by atomic mass is 16.3. The third kappa shape index (κ3) is 2.56. The SMILES string of the molecule is CC(c1ccccc1O)N1CCCc2ccccc2C1. The van der Waals surface area contributed by atoms with Gasteiger partial charge >= 0.3 is 0 Å². The minimum atomic E-state index is 0.238. The molecule has 1 N–H and O–H groups in total. The number of para-hydroxylation sites is 1. The van der Waals surface area contributed by atoms with Crippen LogP contribution in [0.1, 0.15) is 36.1 Å². The summed E-state index contributed by atoms with van der Waals surface area (Å²) in [4.78, 5) is 2.46. The van der Waals surface area contributed by atoms with Gasteiger partial charge in [-0.15, -0.1) is 0 Å². The van der Waals surface area contributed by atoms with E-state index in [1.54, 1.807) is 6.07 Å². The molecule has 3 rings (SSSR count). The van der Waals surface area contributed by atoms with Gasteiger partial charge in [-0.05, 0) is 43.5 Å². The lowest BCUT2D eigenvalue weighted by Gasteiger charge is -2.28. The zero-order valence-corrected chi connectivity index (χ0v) is 11.9. The molecule has 1 aliphatic rings. The Hall–Kier alpha value is -1.80. The van der Waals surface area contributed by atoms with E-state index in [9.17, 15) is 5.11 Å². The van der Waals surface area contributed by atoms with Crippen LogP contribution < -0.4 is 0 Å². The predicted octanol–water partition coefficient (Wildman–Crippen LogP) is 3.90. The van der Waals surface area contributed by atoms with Crippen LogP contribution in [0.2, 0.25) is 0 Å². The maximum atomic E-state index is 10.1. The highest BCUT2D eigenvalue weighted by Crippen LogP contribution is 2.31. The van der Waals surface area contributed by atoms with Gasteiger partial charge in [-0.3, -0.25) is 4.90 Å². The molecule has 0 amide bonds. The fourth-order valence-corrected chi connectivity index (χ4v) is 3.09. The second kappa shape index (κ2) is 5.68. The van der Waals surface area contributed by atoms with Crippen LogP contribution in [0.4, 0.5) is 0 Å². The van der Waals surface area contributed by atoms with Crippen molar-refractivity contribution in [3.8, 4) is 5.75 Å². The lowest BCUT2D eigenvalue weighted by atomic mass is 10.0. The summed E-state index contributed by atoms with van der Waals surface area (Å²) in [5.41, 5.74) is 3.92. The standard InChI is InChI=1S/C18H21NO/c1-14(17-10-4-5-11-18(17)20)19-12-6-9-15-7-2-3-8-16(15)13-19/h2-5,7-8,10-11,14,20H,6,9,12-13H2,1H3. The highest BCUT2D eigenvalue weighted by molar-refractivity contribution is 5.35. The van der Waals surface area contributed by atoms with E-state index in [1.807, 2.05) is 18.2 Å². The van der Waals surface area contributed by atoms with E-state index in [1.165, 1.54) is 17.5 Å². The first kappa shape index (κ1) is 13.2. The number of fused-ring (bicyclic) bond motifs is 1. The van der Waals surface area contributed by atoms with Crippen molar-refractivity contribution in [2.75, 3.05) is 6.54 Å². The summed E-state index contributed by atoms with van der Waals surface area (Å²) in [5.74, 6) is 0.400. The molecular formula is C18H21NO. The molecule has 1 aliphatic heterocycles. The summed E-state index contributed by atoms with van der Waals surface area (Å²) in [6, 6.07) is 16.6. The van der Waals surface area contributed by atoms with Gasteiger partial charge in [0.25, 0.3) is 0 Å². The van der Waals surface area contributed by atoms with Crippen LogP contribution in [-0.2, 0) is 13.0 Å². The van der Waals surface area contributed by atoms with Gasteiger partial charge in [0.2, 0.25) is 0 Å². The number of hydrogen-bond acceptors (Lipinski definition) is 2. The molecule has 1 unspecified atom stereocenters. The van der Waals surface area contributed by atoms with Crippen molar-refractivity contribution in [1.29, 1.82) is 0 Å². The first-order valence-electron chi connectivity index (χ1n) is 7.34. The molecule has 0 bridgehead atoms. The molecule has 1 atom stereocenters. The van der Waals surface area contributed by atoms with E-state index in [4.69, 9.17) is 0 Å². The highest BCUT2D eigenvalue weighted by Gasteiger charge is 2.21. The van der Waals surface area contributed by atoms with Crippen molar-refractivity contribution in [2.24, 2.45) is 0 Å². The number of hydrogen-bond donors (Lipinski definition) is 1. The summed E-state index contributed by atoms with van der Waals surface area (Å²) in [6.07, 6.45) is 2.33. The molecule has 0 radical (unpaired) electrons. The zero-order valence-electron chi connectivity index (χ0n) is 11.9. The van der Waals surface area contributed by atoms with Gasteiger partial charge in [0.15, 0.2) is 0 Å². The fraction of sp³-hybridized carbons (Fsp3) is 0.333. The van der Waals surface area contributed by atoms with Gasteiger partial charge in [0, 0.05) is 18.2 Å². The molecule has 20 heavy (non-hydrogen) atoms. The van der Waals surface area contributed by atoms with Crippen molar-refractivity contribution in [3.63, 3.8) is 0 Å². The Morgan fingerprint density at radius 2 is 1.70 bits per heavy atom. The molecule has 0 aromatic heterocycles. The Balaban J connectivity index is 1.86. The first-order chi connectivity index (χ1) is 9.75. The minimum Gasteiger partial charge on any atom is -0.508 e. The molecule has 1 heterocycles. The number of phenolic OH excluding ortho intramolecular Hbond substituents is 1. The van der Waals surface area contributed by atoms with Crippen LogP contribution in [0.15, 0.2) is 48.5 Å². The van der Waals surface area contributed by atoms with Crippen LogP contribution >= 0.6 is 0 Å². The van der Waals surface area contributed by atoms with Crippen LogP contribution in [0.5, 0.6) is 5.75 Å². The van der Waals surface area contributed by atoms with E-state index in [2.05, 4.69) is 36.1 Å². The van der Waals surface area contributed by atoms with Crippen LogP contribution in [0.25, 0.3) is 0 Å². The zero-order chi connectivity index (χ0) is 13.9. The third-order valence-electron chi connectivity index (χ3n) is 4.32. The van der Waals surface area contributed by atoms with Gasteiger partial charge in [0.1, 0.15) is 5.75 Å². The Labute approximate surface area is 120 Å². The number of benzene rings is 2. The summed E-state index contributed by atoms with van der Waals surface area (Å²) in [6.45, 7) is 4.22. The topological polar surface area (TPSA) is 23.5 Å². The van der Waals surface area contributed by atoms with Crippen molar-refractivity contribution in [3.05, 3.63) is 65.2 Å².